The van der Waals surface area contributed by atoms with E-state index in [2.05, 4.69) is 62.8 Å². The first-order valence-corrected chi connectivity index (χ1v) is 17.9. The van der Waals surface area contributed by atoms with Gasteiger partial charge in [-0.25, -0.2) is 14.6 Å². The molecule has 8 rings (SSSR count). The van der Waals surface area contributed by atoms with Gasteiger partial charge in [-0.1, -0.05) is 11.2 Å². The first kappa shape index (κ1) is 31.1. The number of rotatable bonds is 5. The molecule has 0 bridgehead atoms. The van der Waals surface area contributed by atoms with Gasteiger partial charge in [0.2, 0.25) is 5.79 Å². The molecule has 1 unspecified atom stereocenters. The summed E-state index contributed by atoms with van der Waals surface area (Å²) in [6, 6.07) is 0.448. The number of ether oxygens (including phenoxy) is 3. The third-order valence-electron chi connectivity index (χ3n) is 11.2. The molecule has 3 aromatic heterocycles. The predicted molar refractivity (Wildman–Crippen MR) is 180 cm³/mol. The Kier molecular flexibility index (Phi) is 7.76. The number of hydrogen-bond donors (Lipinski definition) is 1. The van der Waals surface area contributed by atoms with Crippen molar-refractivity contribution in [3.8, 4) is 11.5 Å². The van der Waals surface area contributed by atoms with E-state index >= 15 is 0 Å². The monoisotopic (exact) mass is 745 g/mol. The molecule has 1 N–H and O–H groups in total. The Morgan fingerprint density at radius 2 is 1.87 bits per heavy atom. The molecule has 1 aliphatic carbocycles. The van der Waals surface area contributed by atoms with E-state index in [1.807, 2.05) is 13.0 Å². The quantitative estimate of drug-likeness (QED) is 0.288. The first-order chi connectivity index (χ1) is 22.2. The molecule has 0 aromatic carbocycles. The average Bonchev–Trinajstić information content (AvgIpc) is 3.85. The van der Waals surface area contributed by atoms with E-state index in [-0.39, 0.29) is 12.1 Å². The fourth-order valence-electron chi connectivity index (χ4n) is 8.79. The second kappa shape index (κ2) is 11.5. The number of anilines is 1. The molecule has 4 fully saturated rings. The van der Waals surface area contributed by atoms with Gasteiger partial charge in [0.05, 0.1) is 36.8 Å². The number of likely N-dealkylation sites (tertiary alicyclic amines) is 1. The van der Waals surface area contributed by atoms with E-state index in [1.165, 1.54) is 6.42 Å². The van der Waals surface area contributed by atoms with Crippen molar-refractivity contribution in [1.82, 2.24) is 29.8 Å². The first-order valence-electron chi connectivity index (χ1n) is 16.9. The van der Waals surface area contributed by atoms with Crippen LogP contribution in [0.4, 0.5) is 5.82 Å². The van der Waals surface area contributed by atoms with Crippen molar-refractivity contribution in [2.75, 3.05) is 44.9 Å². The van der Waals surface area contributed by atoms with Gasteiger partial charge in [0, 0.05) is 37.0 Å². The number of aromatic nitrogens is 5. The van der Waals surface area contributed by atoms with Gasteiger partial charge in [-0.15, -0.1) is 6.58 Å². The molecule has 5 aliphatic rings. The summed E-state index contributed by atoms with van der Waals surface area (Å²) in [5.74, 6) is 1.03. The van der Waals surface area contributed by atoms with E-state index in [0.29, 0.717) is 62.5 Å². The number of hydrogen-bond acceptors (Lipinski definition) is 11. The third-order valence-corrected chi connectivity index (χ3v) is 11.9. The smallest absolute Gasteiger partial charge is 0.205 e. The van der Waals surface area contributed by atoms with E-state index in [4.69, 9.17) is 33.8 Å². The van der Waals surface area contributed by atoms with Crippen molar-refractivity contribution in [3.05, 3.63) is 27.7 Å². The highest BCUT2D eigenvalue weighted by atomic mass is 127. The molecule has 1 saturated carbocycles. The Hall–Kier alpha value is -2.17. The summed E-state index contributed by atoms with van der Waals surface area (Å²) >= 11 is 2.31. The summed E-state index contributed by atoms with van der Waals surface area (Å²) in [4.78, 5) is 15.1. The molecule has 248 valence electrons. The minimum absolute atomic E-state index is 0.00497. The Bertz CT molecular complexity index is 1650. The number of fused-ring (bicyclic) bond motifs is 4. The molecule has 4 aliphatic heterocycles. The van der Waals surface area contributed by atoms with Gasteiger partial charge in [-0.3, -0.25) is 0 Å². The van der Waals surface area contributed by atoms with Gasteiger partial charge in [0.1, 0.15) is 9.52 Å². The topological polar surface area (TPSA) is 124 Å². The Morgan fingerprint density at radius 1 is 1.07 bits per heavy atom. The highest BCUT2D eigenvalue weighted by molar-refractivity contribution is 14.1. The van der Waals surface area contributed by atoms with E-state index in [0.717, 1.165) is 71.2 Å². The largest absolute Gasteiger partial charge is 0.388 e. The molecule has 3 aromatic rings. The Morgan fingerprint density at radius 3 is 2.63 bits per heavy atom. The van der Waals surface area contributed by atoms with Gasteiger partial charge >= 0.3 is 0 Å². The van der Waals surface area contributed by atoms with Crippen LogP contribution < -0.4 is 4.90 Å². The summed E-state index contributed by atoms with van der Waals surface area (Å²) < 4.78 is 28.4. The number of piperidine rings is 1. The molecular weight excluding hydrogens is 701 g/mol. The van der Waals surface area contributed by atoms with Crippen LogP contribution in [0.3, 0.4) is 0 Å². The number of aliphatic hydroxyl groups is 1. The van der Waals surface area contributed by atoms with E-state index in [1.54, 1.807) is 0 Å². The molecule has 3 saturated heterocycles. The van der Waals surface area contributed by atoms with Crippen molar-refractivity contribution < 1.29 is 23.8 Å². The molecule has 46 heavy (non-hydrogen) atoms. The molecule has 7 heterocycles. The highest BCUT2D eigenvalue weighted by Crippen LogP contribution is 2.55. The summed E-state index contributed by atoms with van der Waals surface area (Å²) in [6.45, 7) is 11.3. The lowest BCUT2D eigenvalue weighted by molar-refractivity contribution is -0.317. The molecule has 5 atom stereocenters. The van der Waals surface area contributed by atoms with Gasteiger partial charge < -0.3 is 33.6 Å². The summed E-state index contributed by atoms with van der Waals surface area (Å²) in [7, 11) is 2.19. The maximum absolute atomic E-state index is 11.3. The van der Waals surface area contributed by atoms with Crippen LogP contribution in [0, 0.1) is 3.70 Å². The van der Waals surface area contributed by atoms with Crippen molar-refractivity contribution in [2.24, 2.45) is 0 Å². The van der Waals surface area contributed by atoms with Crippen LogP contribution in [0.15, 0.2) is 17.2 Å². The fraction of sp³-hybridized carbons (Fsp3) is 0.697. The second-order valence-electron chi connectivity index (χ2n) is 14.1. The third kappa shape index (κ3) is 4.70. The summed E-state index contributed by atoms with van der Waals surface area (Å²) in [6.07, 6.45) is 9.79. The zero-order valence-electron chi connectivity index (χ0n) is 27.0. The number of likely N-dealkylation sites (N-methyl/N-ethyl adjacent to an activating group) is 1. The van der Waals surface area contributed by atoms with Gasteiger partial charge in [-0.05, 0) is 95.0 Å². The normalized spacial score (nSPS) is 32.1. The lowest BCUT2D eigenvalue weighted by atomic mass is 9.74. The van der Waals surface area contributed by atoms with Crippen molar-refractivity contribution in [1.29, 1.82) is 0 Å². The second-order valence-corrected chi connectivity index (χ2v) is 15.1. The van der Waals surface area contributed by atoms with Crippen molar-refractivity contribution >= 4 is 39.4 Å². The SMILES string of the molecule is C=C[C@H]1CC[C@@](C)(O)CN1c1nc(-c2noc3c2CCOC32CCCCC23OCCO3)nc2c1c(I)nn2[C@@H](C)[C@@H]1CCCN1C. The van der Waals surface area contributed by atoms with E-state index < -0.39 is 17.0 Å². The van der Waals surface area contributed by atoms with Crippen LogP contribution in [-0.2, 0) is 26.2 Å². The van der Waals surface area contributed by atoms with Crippen molar-refractivity contribution in [2.45, 2.75) is 107 Å². The minimum Gasteiger partial charge on any atom is -0.388 e. The summed E-state index contributed by atoms with van der Waals surface area (Å²) in [5.41, 5.74) is 0.608. The summed E-state index contributed by atoms with van der Waals surface area (Å²) in [5, 5.41) is 21.9. The number of nitrogens with zero attached hydrogens (tertiary/aromatic N) is 7. The molecule has 0 radical (unpaired) electrons. The number of halogens is 1. The molecule has 12 nitrogen and oxygen atoms in total. The maximum atomic E-state index is 11.3. The lowest BCUT2D eigenvalue weighted by Crippen LogP contribution is -2.58. The van der Waals surface area contributed by atoms with Gasteiger partial charge in [0.15, 0.2) is 28.5 Å². The molecule has 2 spiro atoms. The number of β-amino-alcohol motifs (C(OH)–C–C–N with tert-alkyl or cyclic N) is 1. The standard InChI is InChI=1S/C33H44IN7O5/c1-5-21-10-14-31(3,42)19-40(21)29-24-27(34)37-41(20(2)23-9-8-15-39(23)4)30(24)36-28(35-29)25-22-11-16-43-32(26(22)46-38-25)12-6-7-13-33(32)44-17-18-45-33/h5,20-21,23,42H,1,6-19H2,2-4H3/t20-,21-,23-,31+,32?/m0/s1. The van der Waals surface area contributed by atoms with Crippen LogP contribution in [0.25, 0.3) is 22.6 Å². The van der Waals surface area contributed by atoms with Gasteiger partial charge in [0.25, 0.3) is 0 Å². The van der Waals surface area contributed by atoms with Crippen LogP contribution in [0.1, 0.15) is 82.6 Å². The van der Waals surface area contributed by atoms with Crippen LogP contribution >= 0.6 is 22.6 Å². The maximum Gasteiger partial charge on any atom is 0.205 e. The van der Waals surface area contributed by atoms with E-state index in [9.17, 15) is 5.11 Å². The zero-order chi connectivity index (χ0) is 31.8. The van der Waals surface area contributed by atoms with Crippen LogP contribution in [0.5, 0.6) is 0 Å². The van der Waals surface area contributed by atoms with Gasteiger partial charge in [-0.2, -0.15) is 5.10 Å². The minimum atomic E-state index is -0.874. The van der Waals surface area contributed by atoms with Crippen molar-refractivity contribution in [3.63, 3.8) is 0 Å². The predicted octanol–water partition coefficient (Wildman–Crippen LogP) is 4.73. The molecular formula is C33H44IN7O5. The lowest BCUT2D eigenvalue weighted by Gasteiger charge is -2.49. The highest BCUT2D eigenvalue weighted by Gasteiger charge is 2.63. The Labute approximate surface area is 283 Å². The molecule has 13 heteroatoms. The fourth-order valence-corrected chi connectivity index (χ4v) is 9.51. The molecule has 0 amide bonds. The average molecular weight is 746 g/mol. The van der Waals surface area contributed by atoms with Crippen LogP contribution in [0.2, 0.25) is 0 Å². The van der Waals surface area contributed by atoms with Crippen LogP contribution in [-0.4, -0.2) is 98.3 Å². The Balaban J connectivity index is 1.32. The zero-order valence-corrected chi connectivity index (χ0v) is 29.2.